The van der Waals surface area contributed by atoms with Gasteiger partial charge < -0.3 is 5.11 Å². The third kappa shape index (κ3) is 1.47. The molecule has 0 saturated carbocycles. The Balaban J connectivity index is 2.85. The number of hydrogen-bond acceptors (Lipinski definition) is 3. The Kier molecular flexibility index (Phi) is 1.75. The van der Waals surface area contributed by atoms with E-state index in [1.165, 1.54) is 6.33 Å². The summed E-state index contributed by atoms with van der Waals surface area (Å²) in [7, 11) is 0. The van der Waals surface area contributed by atoms with Crippen molar-refractivity contribution in [3.8, 4) is 0 Å². The van der Waals surface area contributed by atoms with Gasteiger partial charge in [-0.15, -0.1) is 0 Å². The molecule has 1 N–H and O–H groups in total. The molecule has 0 radical (unpaired) electrons. The Morgan fingerprint density at radius 2 is 2.44 bits per heavy atom. The van der Waals surface area contributed by atoms with Crippen LogP contribution in [0, 0.1) is 0 Å². The molecule has 1 aromatic rings. The van der Waals surface area contributed by atoms with Crippen molar-refractivity contribution >= 4 is 0 Å². The van der Waals surface area contributed by atoms with Crippen LogP contribution in [0.15, 0.2) is 18.6 Å². The number of nitrogens with zero attached hydrogens (tertiary/aromatic N) is 2. The van der Waals surface area contributed by atoms with Crippen molar-refractivity contribution in [1.29, 1.82) is 0 Å². The lowest BCUT2D eigenvalue weighted by molar-refractivity contribution is 0.194. The van der Waals surface area contributed by atoms with Gasteiger partial charge in [-0.3, -0.25) is 0 Å². The van der Waals surface area contributed by atoms with Gasteiger partial charge in [-0.05, 0) is 13.0 Å². The summed E-state index contributed by atoms with van der Waals surface area (Å²) in [5.74, 6) is 0. The van der Waals surface area contributed by atoms with Crippen LogP contribution in [0.5, 0.6) is 0 Å². The highest BCUT2D eigenvalue weighted by Crippen LogP contribution is 2.04. The average molecular weight is 124 g/mol. The summed E-state index contributed by atoms with van der Waals surface area (Å²) in [6.07, 6.45) is 2.53. The van der Waals surface area contributed by atoms with Gasteiger partial charge in [0.15, 0.2) is 0 Å². The average Bonchev–Trinajstić information content (AvgIpc) is 1.90. The molecule has 3 nitrogen and oxygen atoms in total. The molecule has 0 aliphatic carbocycles. The number of aliphatic hydroxyl groups is 1. The molecule has 0 saturated heterocycles. The smallest absolute Gasteiger partial charge is 0.115 e. The summed E-state index contributed by atoms with van der Waals surface area (Å²) < 4.78 is 0. The van der Waals surface area contributed by atoms with E-state index in [-0.39, 0.29) is 0 Å². The number of hydrogen-bond donors (Lipinski definition) is 1. The quantitative estimate of drug-likeness (QED) is 0.594. The van der Waals surface area contributed by atoms with Crippen molar-refractivity contribution in [2.45, 2.75) is 13.0 Å². The van der Waals surface area contributed by atoms with E-state index < -0.39 is 6.10 Å². The monoisotopic (exact) mass is 124 g/mol. The van der Waals surface area contributed by atoms with Gasteiger partial charge in [0.25, 0.3) is 0 Å². The van der Waals surface area contributed by atoms with Crippen LogP contribution in [0.1, 0.15) is 18.7 Å². The Morgan fingerprint density at radius 1 is 1.67 bits per heavy atom. The minimum atomic E-state index is -0.493. The molecular formula is C6H8N2O. The first-order chi connectivity index (χ1) is 4.30. The lowest BCUT2D eigenvalue weighted by atomic mass is 10.3. The van der Waals surface area contributed by atoms with Crippen LogP contribution >= 0.6 is 0 Å². The number of rotatable bonds is 1. The van der Waals surface area contributed by atoms with Gasteiger partial charge in [0, 0.05) is 6.20 Å². The molecule has 0 aliphatic rings. The predicted octanol–water partition coefficient (Wildman–Crippen LogP) is 0.530. The van der Waals surface area contributed by atoms with E-state index in [1.807, 2.05) is 0 Å². The Morgan fingerprint density at radius 3 is 2.78 bits per heavy atom. The molecule has 0 aliphatic heterocycles. The maximum Gasteiger partial charge on any atom is 0.115 e. The van der Waals surface area contributed by atoms with Crippen LogP contribution in [-0.2, 0) is 0 Å². The maximum absolute atomic E-state index is 8.93. The molecular weight excluding hydrogens is 116 g/mol. The van der Waals surface area contributed by atoms with Crippen LogP contribution in [0.4, 0.5) is 0 Å². The van der Waals surface area contributed by atoms with Gasteiger partial charge in [-0.1, -0.05) is 0 Å². The minimum Gasteiger partial charge on any atom is -0.387 e. The highest BCUT2D eigenvalue weighted by Gasteiger charge is 1.97. The summed E-state index contributed by atoms with van der Waals surface area (Å²) >= 11 is 0. The SMILES string of the molecule is C[C@H](O)c1ccncn1. The van der Waals surface area contributed by atoms with Crippen molar-refractivity contribution in [3.63, 3.8) is 0 Å². The fourth-order valence-electron chi connectivity index (χ4n) is 0.548. The molecule has 3 heteroatoms. The summed E-state index contributed by atoms with van der Waals surface area (Å²) in [4.78, 5) is 7.52. The van der Waals surface area contributed by atoms with Crippen LogP contribution in [0.25, 0.3) is 0 Å². The van der Waals surface area contributed by atoms with E-state index in [0.29, 0.717) is 5.69 Å². The van der Waals surface area contributed by atoms with Crippen molar-refractivity contribution in [1.82, 2.24) is 9.97 Å². The Bertz CT molecular complexity index is 174. The topological polar surface area (TPSA) is 46.0 Å². The summed E-state index contributed by atoms with van der Waals surface area (Å²) in [5, 5.41) is 8.93. The van der Waals surface area contributed by atoms with E-state index in [0.717, 1.165) is 0 Å². The molecule has 0 bridgehead atoms. The first-order valence-electron chi connectivity index (χ1n) is 2.74. The van der Waals surface area contributed by atoms with Crippen LogP contribution in [0.3, 0.4) is 0 Å². The predicted molar refractivity (Wildman–Crippen MR) is 32.7 cm³/mol. The zero-order valence-electron chi connectivity index (χ0n) is 5.15. The second-order valence-electron chi connectivity index (χ2n) is 1.81. The van der Waals surface area contributed by atoms with Crippen LogP contribution in [0.2, 0.25) is 0 Å². The Labute approximate surface area is 53.4 Å². The van der Waals surface area contributed by atoms with Crippen LogP contribution < -0.4 is 0 Å². The molecule has 1 rings (SSSR count). The molecule has 0 spiro atoms. The van der Waals surface area contributed by atoms with Crippen molar-refractivity contribution in [2.24, 2.45) is 0 Å². The van der Waals surface area contributed by atoms with Gasteiger partial charge in [-0.25, -0.2) is 9.97 Å². The molecule has 1 heterocycles. The molecule has 0 amide bonds. The van der Waals surface area contributed by atoms with Gasteiger partial charge in [0.2, 0.25) is 0 Å². The highest BCUT2D eigenvalue weighted by atomic mass is 16.3. The van der Waals surface area contributed by atoms with Gasteiger partial charge >= 0.3 is 0 Å². The van der Waals surface area contributed by atoms with Gasteiger partial charge in [-0.2, -0.15) is 0 Å². The molecule has 0 fully saturated rings. The number of aromatic nitrogens is 2. The highest BCUT2D eigenvalue weighted by molar-refractivity contribution is 4.99. The molecule has 48 valence electrons. The van der Waals surface area contributed by atoms with E-state index in [2.05, 4.69) is 9.97 Å². The summed E-state index contributed by atoms with van der Waals surface area (Å²) in [6.45, 7) is 1.67. The molecule has 9 heavy (non-hydrogen) atoms. The van der Waals surface area contributed by atoms with E-state index in [1.54, 1.807) is 19.2 Å². The Hall–Kier alpha value is -0.960. The maximum atomic E-state index is 8.93. The fourth-order valence-corrected chi connectivity index (χ4v) is 0.548. The second kappa shape index (κ2) is 2.55. The summed E-state index contributed by atoms with van der Waals surface area (Å²) in [6, 6.07) is 1.69. The standard InChI is InChI=1S/C6H8N2O/c1-5(9)6-2-3-7-4-8-6/h2-5,9H,1H3/t5-/m0/s1. The van der Waals surface area contributed by atoms with Crippen molar-refractivity contribution in [3.05, 3.63) is 24.3 Å². The van der Waals surface area contributed by atoms with Gasteiger partial charge in [0.1, 0.15) is 6.33 Å². The third-order valence-corrected chi connectivity index (χ3v) is 1.03. The zero-order valence-corrected chi connectivity index (χ0v) is 5.15. The van der Waals surface area contributed by atoms with Crippen molar-refractivity contribution < 1.29 is 5.11 Å². The second-order valence-corrected chi connectivity index (χ2v) is 1.81. The summed E-state index contributed by atoms with van der Waals surface area (Å²) in [5.41, 5.74) is 0.657. The van der Waals surface area contributed by atoms with E-state index in [4.69, 9.17) is 5.11 Å². The largest absolute Gasteiger partial charge is 0.387 e. The van der Waals surface area contributed by atoms with Crippen LogP contribution in [-0.4, -0.2) is 15.1 Å². The molecule has 0 unspecified atom stereocenters. The first-order valence-corrected chi connectivity index (χ1v) is 2.74. The fraction of sp³-hybridized carbons (Fsp3) is 0.333. The number of aliphatic hydroxyl groups excluding tert-OH is 1. The third-order valence-electron chi connectivity index (χ3n) is 1.03. The first kappa shape index (κ1) is 6.16. The van der Waals surface area contributed by atoms with E-state index >= 15 is 0 Å². The lowest BCUT2D eigenvalue weighted by Gasteiger charge is -1.99. The van der Waals surface area contributed by atoms with E-state index in [9.17, 15) is 0 Å². The minimum absolute atomic E-state index is 0.493. The molecule has 1 aromatic heterocycles. The molecule has 1 atom stereocenters. The normalized spacial score (nSPS) is 13.1. The van der Waals surface area contributed by atoms with Crippen molar-refractivity contribution in [2.75, 3.05) is 0 Å². The lowest BCUT2D eigenvalue weighted by Crippen LogP contribution is -1.93. The molecule has 0 aromatic carbocycles. The zero-order chi connectivity index (χ0) is 6.69. The van der Waals surface area contributed by atoms with Gasteiger partial charge in [0.05, 0.1) is 11.8 Å².